The number of carbonyl (C=O) groups is 1. The Morgan fingerprint density at radius 2 is 1.62 bits per heavy atom. The van der Waals surface area contributed by atoms with Gasteiger partial charge in [-0.3, -0.25) is 4.79 Å². The van der Waals surface area contributed by atoms with E-state index in [2.05, 4.69) is 16.4 Å². The molecule has 1 atom stereocenters. The van der Waals surface area contributed by atoms with Crippen LogP contribution in [-0.2, 0) is 4.79 Å². The summed E-state index contributed by atoms with van der Waals surface area (Å²) in [5.74, 6) is 0.532. The average Bonchev–Trinajstić information content (AvgIpc) is 3.46. The van der Waals surface area contributed by atoms with Crippen LogP contribution in [0.1, 0.15) is 18.1 Å². The second-order valence-electron chi connectivity index (χ2n) is 9.09. The zero-order valence-electron chi connectivity index (χ0n) is 22.2. The number of nitrogens with zero attached hydrogens (tertiary/aromatic N) is 3. The van der Waals surface area contributed by atoms with Gasteiger partial charge in [0, 0.05) is 22.1 Å². The van der Waals surface area contributed by atoms with Crippen molar-refractivity contribution >= 4 is 34.1 Å². The van der Waals surface area contributed by atoms with Crippen molar-refractivity contribution in [3.05, 3.63) is 101 Å². The Labute approximate surface area is 241 Å². The van der Waals surface area contributed by atoms with E-state index < -0.39 is 5.25 Å². The molecular formula is C32H26N4O2S2. The van der Waals surface area contributed by atoms with Crippen molar-refractivity contribution in [1.82, 2.24) is 9.97 Å². The van der Waals surface area contributed by atoms with Crippen molar-refractivity contribution < 1.29 is 9.53 Å². The molecule has 0 aliphatic heterocycles. The smallest absolute Gasteiger partial charge is 0.239 e. The normalized spacial score (nSPS) is 11.4. The molecule has 5 rings (SSSR count). The number of ether oxygens (including phenoxy) is 1. The topological polar surface area (TPSA) is 87.9 Å². The maximum Gasteiger partial charge on any atom is 0.239 e. The number of amides is 1. The first-order valence-electron chi connectivity index (χ1n) is 12.6. The number of aryl methyl sites for hydroxylation is 1. The number of hydrogen-bond acceptors (Lipinski definition) is 7. The molecule has 6 nitrogen and oxygen atoms in total. The van der Waals surface area contributed by atoms with Gasteiger partial charge in [0.15, 0.2) is 5.13 Å². The molecule has 198 valence electrons. The lowest BCUT2D eigenvalue weighted by Gasteiger charge is -2.15. The number of nitriles is 1. The van der Waals surface area contributed by atoms with E-state index >= 15 is 0 Å². The van der Waals surface area contributed by atoms with Crippen molar-refractivity contribution in [3.63, 3.8) is 0 Å². The largest absolute Gasteiger partial charge is 0.497 e. The zero-order valence-corrected chi connectivity index (χ0v) is 23.8. The van der Waals surface area contributed by atoms with Crippen molar-refractivity contribution in [2.75, 3.05) is 12.4 Å². The van der Waals surface area contributed by atoms with Gasteiger partial charge in [0.2, 0.25) is 5.91 Å². The summed E-state index contributed by atoms with van der Waals surface area (Å²) in [5.41, 5.74) is 6.64. The molecule has 0 bridgehead atoms. The third kappa shape index (κ3) is 6.07. The molecule has 1 unspecified atom stereocenters. The second-order valence-corrected chi connectivity index (χ2v) is 11.3. The average molecular weight is 563 g/mol. The van der Waals surface area contributed by atoms with Crippen molar-refractivity contribution in [2.45, 2.75) is 24.1 Å². The third-order valence-corrected chi connectivity index (χ3v) is 8.15. The Morgan fingerprint density at radius 1 is 0.950 bits per heavy atom. The number of methoxy groups -OCH3 is 1. The van der Waals surface area contributed by atoms with E-state index in [-0.39, 0.29) is 5.91 Å². The van der Waals surface area contributed by atoms with Crippen LogP contribution in [0.4, 0.5) is 5.13 Å². The first kappa shape index (κ1) is 27.1. The fourth-order valence-corrected chi connectivity index (χ4v) is 5.73. The van der Waals surface area contributed by atoms with Gasteiger partial charge < -0.3 is 10.1 Å². The van der Waals surface area contributed by atoms with Crippen molar-refractivity contribution in [1.29, 1.82) is 5.26 Å². The van der Waals surface area contributed by atoms with E-state index in [9.17, 15) is 10.1 Å². The summed E-state index contributed by atoms with van der Waals surface area (Å²) >= 11 is 2.64. The maximum atomic E-state index is 13.2. The minimum atomic E-state index is -0.527. The van der Waals surface area contributed by atoms with Gasteiger partial charge in [-0.2, -0.15) is 5.26 Å². The maximum absolute atomic E-state index is 13.2. The molecule has 0 spiro atoms. The summed E-state index contributed by atoms with van der Waals surface area (Å²) in [6.07, 6.45) is 0. The lowest BCUT2D eigenvalue weighted by atomic mass is 9.98. The first-order chi connectivity index (χ1) is 19.4. The van der Waals surface area contributed by atoms with E-state index in [1.54, 1.807) is 14.0 Å². The molecule has 1 N–H and O–H groups in total. The van der Waals surface area contributed by atoms with Crippen LogP contribution in [0.5, 0.6) is 5.75 Å². The SMILES string of the molecule is COc1ccc(-c2cc(-c3ccc(C)cc3)c(C#N)c(SC(C)C(=O)Nc3nc(-c4ccccc4)cs3)n2)cc1. The van der Waals surface area contributed by atoms with Gasteiger partial charge in [-0.15, -0.1) is 11.3 Å². The molecule has 2 heterocycles. The fraction of sp³-hybridized carbons (Fsp3) is 0.125. The third-order valence-electron chi connectivity index (χ3n) is 6.31. The molecule has 40 heavy (non-hydrogen) atoms. The van der Waals surface area contributed by atoms with Gasteiger partial charge in [-0.1, -0.05) is 71.9 Å². The first-order valence-corrected chi connectivity index (χ1v) is 14.4. The van der Waals surface area contributed by atoms with E-state index in [0.29, 0.717) is 21.4 Å². The van der Waals surface area contributed by atoms with Crippen LogP contribution < -0.4 is 10.1 Å². The molecule has 0 radical (unpaired) electrons. The summed E-state index contributed by atoms with van der Waals surface area (Å²) in [6, 6.07) is 29.8. The summed E-state index contributed by atoms with van der Waals surface area (Å²) in [6.45, 7) is 3.83. The molecule has 0 aliphatic rings. The highest BCUT2D eigenvalue weighted by Crippen LogP contribution is 2.36. The van der Waals surface area contributed by atoms with Crippen LogP contribution in [0.2, 0.25) is 0 Å². The molecule has 3 aromatic carbocycles. The van der Waals surface area contributed by atoms with Crippen LogP contribution >= 0.6 is 23.1 Å². The number of aromatic nitrogens is 2. The molecule has 0 saturated carbocycles. The standard InChI is InChI=1S/C32H26N4O2S2/c1-20-9-11-22(12-10-20)26-17-28(24-13-15-25(38-3)16-14-24)34-31(27(26)18-33)40-21(2)30(37)36-32-35-29(19-39-32)23-7-5-4-6-8-23/h4-17,19,21H,1-3H3,(H,35,36,37). The number of thiazole rings is 1. The molecule has 0 saturated heterocycles. The van der Waals surface area contributed by atoms with Crippen LogP contribution in [0.3, 0.4) is 0 Å². The number of pyridine rings is 1. The van der Waals surface area contributed by atoms with Crippen LogP contribution in [0.15, 0.2) is 95.3 Å². The zero-order chi connectivity index (χ0) is 28.1. The Balaban J connectivity index is 1.45. The number of carbonyl (C=O) groups excluding carboxylic acids is 1. The van der Waals surface area contributed by atoms with E-state index in [4.69, 9.17) is 9.72 Å². The predicted octanol–water partition coefficient (Wildman–Crippen LogP) is 7.85. The Hall–Kier alpha value is -4.45. The van der Waals surface area contributed by atoms with Crippen molar-refractivity contribution in [2.24, 2.45) is 0 Å². The predicted molar refractivity (Wildman–Crippen MR) is 163 cm³/mol. The monoisotopic (exact) mass is 562 g/mol. The number of rotatable bonds is 8. The summed E-state index contributed by atoms with van der Waals surface area (Å²) in [4.78, 5) is 22.6. The number of anilines is 1. The molecule has 1 amide bonds. The van der Waals surface area contributed by atoms with Gasteiger partial charge in [-0.25, -0.2) is 9.97 Å². The number of thioether (sulfide) groups is 1. The molecular weight excluding hydrogens is 537 g/mol. The minimum absolute atomic E-state index is 0.212. The molecule has 0 fully saturated rings. The Morgan fingerprint density at radius 3 is 2.30 bits per heavy atom. The molecule has 8 heteroatoms. The number of nitrogens with one attached hydrogen (secondary N) is 1. The van der Waals surface area contributed by atoms with Gasteiger partial charge in [0.25, 0.3) is 0 Å². The molecule has 5 aromatic rings. The molecule has 2 aromatic heterocycles. The summed E-state index contributed by atoms with van der Waals surface area (Å²) < 4.78 is 5.31. The van der Waals surface area contributed by atoms with E-state index in [1.165, 1.54) is 23.1 Å². The number of benzene rings is 3. The highest BCUT2D eigenvalue weighted by Gasteiger charge is 2.22. The summed E-state index contributed by atoms with van der Waals surface area (Å²) in [7, 11) is 1.62. The van der Waals surface area contributed by atoms with E-state index in [0.717, 1.165) is 39.3 Å². The highest BCUT2D eigenvalue weighted by molar-refractivity contribution is 8.00. The highest BCUT2D eigenvalue weighted by atomic mass is 32.2. The minimum Gasteiger partial charge on any atom is -0.497 e. The molecule has 0 aliphatic carbocycles. The lowest BCUT2D eigenvalue weighted by Crippen LogP contribution is -2.22. The van der Waals surface area contributed by atoms with Gasteiger partial charge in [0.05, 0.1) is 29.3 Å². The van der Waals surface area contributed by atoms with Gasteiger partial charge in [-0.05, 0) is 49.7 Å². The lowest BCUT2D eigenvalue weighted by molar-refractivity contribution is -0.115. The quantitative estimate of drug-likeness (QED) is 0.194. The Bertz CT molecular complexity index is 1680. The fourth-order valence-electron chi connectivity index (χ4n) is 4.09. The van der Waals surface area contributed by atoms with Crippen LogP contribution in [0, 0.1) is 18.3 Å². The van der Waals surface area contributed by atoms with Crippen LogP contribution in [0.25, 0.3) is 33.6 Å². The van der Waals surface area contributed by atoms with Gasteiger partial charge in [0.1, 0.15) is 16.8 Å². The van der Waals surface area contributed by atoms with Crippen LogP contribution in [-0.4, -0.2) is 28.2 Å². The summed E-state index contributed by atoms with van der Waals surface area (Å²) in [5, 5.41) is 15.6. The van der Waals surface area contributed by atoms with Crippen molar-refractivity contribution in [3.8, 4) is 45.5 Å². The number of hydrogen-bond donors (Lipinski definition) is 1. The Kier molecular flexibility index (Phi) is 8.25. The van der Waals surface area contributed by atoms with Gasteiger partial charge >= 0.3 is 0 Å². The second kappa shape index (κ2) is 12.2. The van der Waals surface area contributed by atoms with E-state index in [1.807, 2.05) is 97.2 Å².